The zero-order valence-electron chi connectivity index (χ0n) is 4.07. The number of halogens is 1. The van der Waals surface area contributed by atoms with E-state index in [-0.39, 0.29) is 5.91 Å². The van der Waals surface area contributed by atoms with Crippen LogP contribution in [0.2, 0.25) is 0 Å². The number of hydrogen-bond donors (Lipinski definition) is 2. The van der Waals surface area contributed by atoms with Crippen molar-refractivity contribution in [3.05, 3.63) is 10.7 Å². The van der Waals surface area contributed by atoms with Gasteiger partial charge in [-0.25, -0.2) is 0 Å². The van der Waals surface area contributed by atoms with Crippen molar-refractivity contribution in [2.45, 2.75) is 0 Å². The van der Waals surface area contributed by atoms with E-state index in [1.54, 1.807) is 0 Å². The maximum absolute atomic E-state index is 10.4. The predicted molar refractivity (Wildman–Crippen MR) is 33.2 cm³/mol. The standard InChI is InChI=1S/C4H5BrN2O/c5-3-1-4(8)7-2-6-3/h1,6H,2H2,(H,7,8). The first-order valence-corrected chi connectivity index (χ1v) is 2.97. The van der Waals surface area contributed by atoms with Gasteiger partial charge in [-0.2, -0.15) is 0 Å². The maximum Gasteiger partial charge on any atom is 0.247 e. The minimum absolute atomic E-state index is 0.0596. The Labute approximate surface area is 55.3 Å². The van der Waals surface area contributed by atoms with Crippen LogP contribution in [0.15, 0.2) is 10.7 Å². The first-order valence-electron chi connectivity index (χ1n) is 2.18. The summed E-state index contributed by atoms with van der Waals surface area (Å²) >= 11 is 3.12. The van der Waals surface area contributed by atoms with Crippen molar-refractivity contribution in [3.63, 3.8) is 0 Å². The Bertz CT molecular complexity index is 143. The molecule has 0 atom stereocenters. The summed E-state index contributed by atoms with van der Waals surface area (Å²) < 4.78 is 0.737. The highest BCUT2D eigenvalue weighted by molar-refractivity contribution is 9.11. The molecule has 1 rings (SSSR count). The fraction of sp³-hybridized carbons (Fsp3) is 0.250. The molecule has 44 valence electrons. The van der Waals surface area contributed by atoms with E-state index in [0.717, 1.165) is 4.61 Å². The fourth-order valence-electron chi connectivity index (χ4n) is 0.433. The second-order valence-electron chi connectivity index (χ2n) is 1.39. The van der Waals surface area contributed by atoms with Crippen molar-refractivity contribution >= 4 is 21.8 Å². The number of rotatable bonds is 0. The Balaban J connectivity index is 2.64. The number of carbonyl (C=O) groups is 1. The third-order valence-corrected chi connectivity index (χ3v) is 1.29. The van der Waals surface area contributed by atoms with E-state index in [2.05, 4.69) is 26.6 Å². The van der Waals surface area contributed by atoms with Crippen LogP contribution in [0.4, 0.5) is 0 Å². The molecule has 0 spiro atoms. The van der Waals surface area contributed by atoms with E-state index in [4.69, 9.17) is 0 Å². The van der Waals surface area contributed by atoms with Crippen LogP contribution < -0.4 is 10.6 Å². The lowest BCUT2D eigenvalue weighted by atomic mass is 10.5. The number of hydrogen-bond acceptors (Lipinski definition) is 2. The molecule has 0 saturated carbocycles. The molecule has 0 unspecified atom stereocenters. The normalized spacial score (nSPS) is 18.6. The minimum Gasteiger partial charge on any atom is -0.362 e. The van der Waals surface area contributed by atoms with E-state index in [0.29, 0.717) is 6.67 Å². The van der Waals surface area contributed by atoms with Gasteiger partial charge in [-0.05, 0) is 15.9 Å². The van der Waals surface area contributed by atoms with Crippen LogP contribution in [0.1, 0.15) is 0 Å². The molecule has 0 aromatic heterocycles. The van der Waals surface area contributed by atoms with Gasteiger partial charge in [-0.15, -0.1) is 0 Å². The third-order valence-electron chi connectivity index (χ3n) is 0.778. The molecule has 0 fully saturated rings. The molecule has 0 radical (unpaired) electrons. The van der Waals surface area contributed by atoms with Crippen molar-refractivity contribution in [1.29, 1.82) is 0 Å². The lowest BCUT2D eigenvalue weighted by Crippen LogP contribution is -2.36. The molecular formula is C4H5BrN2O. The summed E-state index contributed by atoms with van der Waals surface area (Å²) in [5.74, 6) is -0.0596. The monoisotopic (exact) mass is 176 g/mol. The van der Waals surface area contributed by atoms with E-state index in [1.165, 1.54) is 6.08 Å². The minimum atomic E-state index is -0.0596. The number of amides is 1. The molecule has 8 heavy (non-hydrogen) atoms. The summed E-state index contributed by atoms with van der Waals surface area (Å²) in [6.45, 7) is 0.510. The van der Waals surface area contributed by atoms with Crippen LogP contribution in [0.3, 0.4) is 0 Å². The average molecular weight is 177 g/mol. The van der Waals surface area contributed by atoms with E-state index < -0.39 is 0 Å². The Morgan fingerprint density at radius 2 is 2.38 bits per heavy atom. The summed E-state index contributed by atoms with van der Waals surface area (Å²) in [4.78, 5) is 10.4. The highest BCUT2D eigenvalue weighted by atomic mass is 79.9. The molecule has 2 N–H and O–H groups in total. The number of carbonyl (C=O) groups excluding carboxylic acids is 1. The molecule has 1 amide bonds. The quantitative estimate of drug-likeness (QED) is 0.507. The van der Waals surface area contributed by atoms with Crippen molar-refractivity contribution in [2.24, 2.45) is 0 Å². The second-order valence-corrected chi connectivity index (χ2v) is 2.24. The van der Waals surface area contributed by atoms with Crippen molar-refractivity contribution in [1.82, 2.24) is 10.6 Å². The van der Waals surface area contributed by atoms with Gasteiger partial charge >= 0.3 is 0 Å². The lowest BCUT2D eigenvalue weighted by molar-refractivity contribution is -0.116. The first kappa shape index (κ1) is 5.62. The predicted octanol–water partition coefficient (Wildman–Crippen LogP) is -0.100. The summed E-state index contributed by atoms with van der Waals surface area (Å²) in [7, 11) is 0. The molecule has 0 aromatic carbocycles. The lowest BCUT2D eigenvalue weighted by Gasteiger charge is -2.10. The van der Waals surface area contributed by atoms with Gasteiger partial charge in [-0.3, -0.25) is 4.79 Å². The third kappa shape index (κ3) is 1.23. The van der Waals surface area contributed by atoms with Crippen molar-refractivity contribution in [3.8, 4) is 0 Å². The molecule has 1 aliphatic heterocycles. The van der Waals surface area contributed by atoms with Gasteiger partial charge in [-0.1, -0.05) is 0 Å². The van der Waals surface area contributed by atoms with Crippen LogP contribution in [0.25, 0.3) is 0 Å². The Kier molecular flexibility index (Phi) is 1.53. The Morgan fingerprint density at radius 3 is 2.75 bits per heavy atom. The zero-order chi connectivity index (χ0) is 5.98. The second kappa shape index (κ2) is 2.17. The van der Waals surface area contributed by atoms with Crippen LogP contribution in [-0.4, -0.2) is 12.6 Å². The van der Waals surface area contributed by atoms with Crippen LogP contribution in [0, 0.1) is 0 Å². The van der Waals surface area contributed by atoms with Gasteiger partial charge in [0.25, 0.3) is 0 Å². The van der Waals surface area contributed by atoms with Gasteiger partial charge in [0, 0.05) is 6.08 Å². The molecule has 4 heteroatoms. The molecule has 3 nitrogen and oxygen atoms in total. The summed E-state index contributed by atoms with van der Waals surface area (Å²) in [6.07, 6.45) is 1.45. The van der Waals surface area contributed by atoms with E-state index >= 15 is 0 Å². The van der Waals surface area contributed by atoms with E-state index in [9.17, 15) is 4.79 Å². The van der Waals surface area contributed by atoms with Gasteiger partial charge < -0.3 is 10.6 Å². The number of nitrogens with one attached hydrogen (secondary N) is 2. The Hall–Kier alpha value is -0.510. The highest BCUT2D eigenvalue weighted by Crippen LogP contribution is 1.99. The van der Waals surface area contributed by atoms with Gasteiger partial charge in [0.1, 0.15) is 0 Å². The van der Waals surface area contributed by atoms with Crippen LogP contribution >= 0.6 is 15.9 Å². The summed E-state index contributed by atoms with van der Waals surface area (Å²) in [5.41, 5.74) is 0. The largest absolute Gasteiger partial charge is 0.362 e. The van der Waals surface area contributed by atoms with Gasteiger partial charge in [0.15, 0.2) is 0 Å². The maximum atomic E-state index is 10.4. The smallest absolute Gasteiger partial charge is 0.247 e. The molecule has 0 aliphatic carbocycles. The van der Waals surface area contributed by atoms with E-state index in [1.807, 2.05) is 0 Å². The van der Waals surface area contributed by atoms with Crippen molar-refractivity contribution in [2.75, 3.05) is 6.67 Å². The summed E-state index contributed by atoms with van der Waals surface area (Å²) in [6, 6.07) is 0. The van der Waals surface area contributed by atoms with Crippen molar-refractivity contribution < 1.29 is 4.79 Å². The summed E-state index contributed by atoms with van der Waals surface area (Å²) in [5, 5.41) is 5.41. The Morgan fingerprint density at radius 1 is 1.62 bits per heavy atom. The average Bonchev–Trinajstić information content (AvgIpc) is 1.64. The SMILES string of the molecule is O=C1C=C(Br)NCN1. The van der Waals surface area contributed by atoms with Crippen LogP contribution in [0.5, 0.6) is 0 Å². The molecular weight excluding hydrogens is 172 g/mol. The molecule has 0 aromatic rings. The van der Waals surface area contributed by atoms with Gasteiger partial charge in [0.2, 0.25) is 5.91 Å². The molecule has 0 saturated heterocycles. The molecule has 1 heterocycles. The molecule has 0 bridgehead atoms. The van der Waals surface area contributed by atoms with Gasteiger partial charge in [0.05, 0.1) is 11.3 Å². The molecule has 1 aliphatic rings. The first-order chi connectivity index (χ1) is 3.79. The fourth-order valence-corrected chi connectivity index (χ4v) is 0.781. The van der Waals surface area contributed by atoms with Crippen LogP contribution in [-0.2, 0) is 4.79 Å². The zero-order valence-corrected chi connectivity index (χ0v) is 5.66. The highest BCUT2D eigenvalue weighted by Gasteiger charge is 2.02. The topological polar surface area (TPSA) is 41.1 Å².